The number of nitrogens with one attached hydrogen (secondary N) is 1. The van der Waals surface area contributed by atoms with Crippen molar-refractivity contribution in [3.05, 3.63) is 0 Å². The Morgan fingerprint density at radius 2 is 2.25 bits per heavy atom. The zero-order chi connectivity index (χ0) is 6.57. The van der Waals surface area contributed by atoms with E-state index in [-0.39, 0.29) is 11.3 Å². The van der Waals surface area contributed by atoms with E-state index in [9.17, 15) is 4.79 Å². The molecule has 8 heavy (non-hydrogen) atoms. The van der Waals surface area contributed by atoms with E-state index in [2.05, 4.69) is 5.32 Å². The molecule has 0 aliphatic rings. The molecule has 0 spiro atoms. The normalized spacial score (nSPS) is 12.9. The fourth-order valence-electron chi connectivity index (χ4n) is 0.345. The molecule has 2 nitrogen and oxygen atoms in total. The second-order valence-corrected chi connectivity index (χ2v) is 2.76. The standard InChI is InChI=1S/C5H11NOS/c1-4(7)6-5(2)8-3/h5H,1-3H3,(H,6,7). The first kappa shape index (κ1) is 7.82. The molecule has 1 unspecified atom stereocenters. The molecule has 0 rings (SSSR count). The summed E-state index contributed by atoms with van der Waals surface area (Å²) >= 11 is 1.62. The van der Waals surface area contributed by atoms with Crippen LogP contribution >= 0.6 is 11.8 Å². The van der Waals surface area contributed by atoms with E-state index >= 15 is 0 Å². The Bertz CT molecular complexity index is 84.5. The molecule has 1 atom stereocenters. The third-order valence-electron chi connectivity index (χ3n) is 0.760. The number of amides is 1. The molecular formula is C5H11NOS. The summed E-state index contributed by atoms with van der Waals surface area (Å²) in [6.07, 6.45) is 1.96. The summed E-state index contributed by atoms with van der Waals surface area (Å²) in [6.45, 7) is 3.47. The maximum absolute atomic E-state index is 10.3. The minimum Gasteiger partial charge on any atom is -0.345 e. The van der Waals surface area contributed by atoms with Gasteiger partial charge in [-0.2, -0.15) is 0 Å². The van der Waals surface area contributed by atoms with Gasteiger partial charge < -0.3 is 5.32 Å². The lowest BCUT2D eigenvalue weighted by atomic mass is 10.6. The van der Waals surface area contributed by atoms with Crippen LogP contribution < -0.4 is 5.32 Å². The first-order chi connectivity index (χ1) is 3.66. The van der Waals surface area contributed by atoms with Crippen molar-refractivity contribution in [2.24, 2.45) is 0 Å². The van der Waals surface area contributed by atoms with Crippen molar-refractivity contribution in [3.8, 4) is 0 Å². The highest BCUT2D eigenvalue weighted by molar-refractivity contribution is 7.99. The maximum atomic E-state index is 10.3. The molecule has 1 N–H and O–H groups in total. The first-order valence-electron chi connectivity index (χ1n) is 2.46. The van der Waals surface area contributed by atoms with Crippen LogP contribution in [0, 0.1) is 0 Å². The molecule has 48 valence electrons. The number of thioether (sulfide) groups is 1. The minimum absolute atomic E-state index is 0.0341. The minimum atomic E-state index is 0.0341. The topological polar surface area (TPSA) is 29.1 Å². The molecule has 0 saturated heterocycles. The van der Waals surface area contributed by atoms with Gasteiger partial charge in [-0.25, -0.2) is 0 Å². The molecule has 0 aliphatic carbocycles. The second-order valence-electron chi connectivity index (χ2n) is 1.58. The molecule has 0 bridgehead atoms. The highest BCUT2D eigenvalue weighted by Gasteiger charge is 1.96. The fraction of sp³-hybridized carbons (Fsp3) is 0.800. The van der Waals surface area contributed by atoms with E-state index in [1.807, 2.05) is 13.2 Å². The van der Waals surface area contributed by atoms with Crippen LogP contribution in [-0.4, -0.2) is 17.5 Å². The van der Waals surface area contributed by atoms with Crippen LogP contribution in [0.15, 0.2) is 0 Å². The zero-order valence-electron chi connectivity index (χ0n) is 5.39. The quantitative estimate of drug-likeness (QED) is 0.565. The lowest BCUT2D eigenvalue weighted by Gasteiger charge is -2.06. The zero-order valence-corrected chi connectivity index (χ0v) is 6.21. The number of hydrogen-bond donors (Lipinski definition) is 1. The van der Waals surface area contributed by atoms with Crippen LogP contribution in [0.3, 0.4) is 0 Å². The van der Waals surface area contributed by atoms with Gasteiger partial charge in [0.1, 0.15) is 0 Å². The largest absolute Gasteiger partial charge is 0.345 e. The van der Waals surface area contributed by atoms with Gasteiger partial charge in [0.2, 0.25) is 5.91 Å². The third-order valence-corrected chi connectivity index (χ3v) is 1.59. The monoisotopic (exact) mass is 133 g/mol. The predicted molar refractivity (Wildman–Crippen MR) is 36.8 cm³/mol. The van der Waals surface area contributed by atoms with Crippen LogP contribution in [0.2, 0.25) is 0 Å². The summed E-state index contributed by atoms with van der Waals surface area (Å²) in [7, 11) is 0. The number of hydrogen-bond acceptors (Lipinski definition) is 2. The molecule has 0 aromatic rings. The third kappa shape index (κ3) is 3.99. The molecule has 0 radical (unpaired) electrons. The van der Waals surface area contributed by atoms with Gasteiger partial charge in [0.05, 0.1) is 5.37 Å². The molecule has 0 saturated carbocycles. The van der Waals surface area contributed by atoms with Crippen LogP contribution in [0.1, 0.15) is 13.8 Å². The Morgan fingerprint density at radius 1 is 1.75 bits per heavy atom. The Morgan fingerprint density at radius 3 is 2.38 bits per heavy atom. The maximum Gasteiger partial charge on any atom is 0.217 e. The number of carbonyl (C=O) groups is 1. The summed E-state index contributed by atoms with van der Waals surface area (Å²) in [4.78, 5) is 10.3. The van der Waals surface area contributed by atoms with Gasteiger partial charge in [0, 0.05) is 6.92 Å². The molecule has 1 amide bonds. The van der Waals surface area contributed by atoms with E-state index in [1.165, 1.54) is 6.92 Å². The van der Waals surface area contributed by atoms with Crippen LogP contribution in [0.4, 0.5) is 0 Å². The first-order valence-corrected chi connectivity index (χ1v) is 3.75. The second kappa shape index (κ2) is 3.78. The highest BCUT2D eigenvalue weighted by Crippen LogP contribution is 1.98. The van der Waals surface area contributed by atoms with E-state index in [1.54, 1.807) is 11.8 Å². The summed E-state index contributed by atoms with van der Waals surface area (Å²) in [6, 6.07) is 0. The fourth-order valence-corrected chi connectivity index (χ4v) is 0.629. The van der Waals surface area contributed by atoms with E-state index < -0.39 is 0 Å². The lowest BCUT2D eigenvalue weighted by molar-refractivity contribution is -0.119. The molecule has 0 fully saturated rings. The molecular weight excluding hydrogens is 122 g/mol. The van der Waals surface area contributed by atoms with Gasteiger partial charge in [-0.3, -0.25) is 4.79 Å². The van der Waals surface area contributed by atoms with Gasteiger partial charge in [-0.05, 0) is 13.2 Å². The summed E-state index contributed by atoms with van der Waals surface area (Å²) in [5.41, 5.74) is 0. The number of rotatable bonds is 2. The summed E-state index contributed by atoms with van der Waals surface area (Å²) in [5, 5.41) is 2.96. The molecule has 0 aromatic heterocycles. The van der Waals surface area contributed by atoms with Gasteiger partial charge in [0.15, 0.2) is 0 Å². The Balaban J connectivity index is 3.24. The van der Waals surface area contributed by atoms with Crippen molar-refractivity contribution >= 4 is 17.7 Å². The van der Waals surface area contributed by atoms with Crippen LogP contribution in [0.25, 0.3) is 0 Å². The highest BCUT2D eigenvalue weighted by atomic mass is 32.2. The predicted octanol–water partition coefficient (Wildman–Crippen LogP) is 0.831. The van der Waals surface area contributed by atoms with Gasteiger partial charge in [-0.15, -0.1) is 11.8 Å². The Kier molecular flexibility index (Phi) is 3.69. The molecule has 0 aliphatic heterocycles. The average molecular weight is 133 g/mol. The van der Waals surface area contributed by atoms with Crippen molar-refractivity contribution in [1.29, 1.82) is 0 Å². The summed E-state index contributed by atoms with van der Waals surface area (Å²) in [5.74, 6) is 0.0341. The molecule has 0 heterocycles. The SMILES string of the molecule is CSC(C)NC(C)=O. The number of carbonyl (C=O) groups excluding carboxylic acids is 1. The van der Waals surface area contributed by atoms with Crippen molar-refractivity contribution in [2.45, 2.75) is 19.2 Å². The molecule has 0 aromatic carbocycles. The van der Waals surface area contributed by atoms with E-state index in [4.69, 9.17) is 0 Å². The van der Waals surface area contributed by atoms with Crippen molar-refractivity contribution < 1.29 is 4.79 Å². The van der Waals surface area contributed by atoms with Crippen LogP contribution in [0.5, 0.6) is 0 Å². The van der Waals surface area contributed by atoms with Crippen molar-refractivity contribution in [1.82, 2.24) is 5.32 Å². The lowest BCUT2D eigenvalue weighted by Crippen LogP contribution is -2.27. The van der Waals surface area contributed by atoms with Crippen LogP contribution in [-0.2, 0) is 4.79 Å². The van der Waals surface area contributed by atoms with E-state index in [0.717, 1.165) is 0 Å². The molecule has 3 heteroatoms. The average Bonchev–Trinajstić information content (AvgIpc) is 1.65. The van der Waals surface area contributed by atoms with Crippen molar-refractivity contribution in [2.75, 3.05) is 6.26 Å². The van der Waals surface area contributed by atoms with E-state index in [0.29, 0.717) is 0 Å². The van der Waals surface area contributed by atoms with Crippen molar-refractivity contribution in [3.63, 3.8) is 0 Å². The smallest absolute Gasteiger partial charge is 0.217 e. The van der Waals surface area contributed by atoms with Gasteiger partial charge >= 0.3 is 0 Å². The Labute approximate surface area is 54.0 Å². The van der Waals surface area contributed by atoms with Gasteiger partial charge in [-0.1, -0.05) is 0 Å². The van der Waals surface area contributed by atoms with Gasteiger partial charge in [0.25, 0.3) is 0 Å². The Hall–Kier alpha value is -0.180. The summed E-state index contributed by atoms with van der Waals surface area (Å²) < 4.78 is 0.